The van der Waals surface area contributed by atoms with Crippen molar-refractivity contribution in [3.63, 3.8) is 0 Å². The van der Waals surface area contributed by atoms with Gasteiger partial charge in [0.05, 0.1) is 5.69 Å². The quantitative estimate of drug-likeness (QED) is 0.204. The largest absolute Gasteiger partial charge is 0.573 e. The fourth-order valence-electron chi connectivity index (χ4n) is 4.13. The topological polar surface area (TPSA) is 57.0 Å². The van der Waals surface area contributed by atoms with E-state index in [0.717, 1.165) is 22.3 Å². The first-order valence-electron chi connectivity index (χ1n) is 11.9. The molecule has 0 radical (unpaired) electrons. The first kappa shape index (κ1) is 25.0. The highest BCUT2D eigenvalue weighted by Gasteiger charge is 2.31. The van der Waals surface area contributed by atoms with E-state index in [-0.39, 0.29) is 11.5 Å². The van der Waals surface area contributed by atoms with E-state index in [4.69, 9.17) is 0 Å². The molecule has 0 amide bonds. The molecule has 4 aromatic carbocycles. The number of halogens is 3. The lowest BCUT2D eigenvalue weighted by molar-refractivity contribution is -0.274. The van der Waals surface area contributed by atoms with Gasteiger partial charge in [-0.3, -0.25) is 4.79 Å². The van der Waals surface area contributed by atoms with Crippen LogP contribution < -0.4 is 4.74 Å². The molecule has 0 atom stereocenters. The van der Waals surface area contributed by atoms with E-state index in [0.29, 0.717) is 29.9 Å². The van der Waals surface area contributed by atoms with Gasteiger partial charge in [0.25, 0.3) is 0 Å². The molecule has 0 aliphatic carbocycles. The maximum absolute atomic E-state index is 13.0. The molecule has 0 bridgehead atoms. The van der Waals surface area contributed by atoms with E-state index in [9.17, 15) is 18.0 Å². The van der Waals surface area contributed by atoms with Crippen molar-refractivity contribution in [3.8, 4) is 34.0 Å². The number of benzene rings is 4. The minimum Gasteiger partial charge on any atom is -0.406 e. The van der Waals surface area contributed by atoms with Crippen LogP contribution in [0, 0.1) is 0 Å². The van der Waals surface area contributed by atoms with Crippen molar-refractivity contribution >= 4 is 5.78 Å². The number of nitrogens with zero attached hydrogens (tertiary/aromatic N) is 3. The second-order valence-electron chi connectivity index (χ2n) is 8.59. The average molecular weight is 514 g/mol. The lowest BCUT2D eigenvalue weighted by Crippen LogP contribution is -2.17. The standard InChI is InChI=1S/C30H22F3N3O2/c31-30(32,33)38-25-17-15-24(16-18-25)36-20-34-29(35-36)23-13-10-21(11-14-23)12-19-28(37)27-9-5-4-8-26(27)22-6-2-1-3-7-22/h1-11,13-18,20H,12,19H2. The highest BCUT2D eigenvalue weighted by molar-refractivity contribution is 6.02. The van der Waals surface area contributed by atoms with Crippen LogP contribution in [0.3, 0.4) is 0 Å². The number of carbonyl (C=O) groups excluding carboxylic acids is 1. The SMILES string of the molecule is O=C(CCc1ccc(-c2ncn(-c3ccc(OC(F)(F)F)cc3)n2)cc1)c1ccccc1-c1ccccc1. The first-order valence-corrected chi connectivity index (χ1v) is 11.9. The highest BCUT2D eigenvalue weighted by atomic mass is 19.4. The summed E-state index contributed by atoms with van der Waals surface area (Å²) in [6.07, 6.45) is -2.28. The highest BCUT2D eigenvalue weighted by Crippen LogP contribution is 2.26. The van der Waals surface area contributed by atoms with Gasteiger partial charge >= 0.3 is 6.36 Å². The van der Waals surface area contributed by atoms with Crippen LogP contribution in [0.25, 0.3) is 28.2 Å². The summed E-state index contributed by atoms with van der Waals surface area (Å²) in [4.78, 5) is 17.4. The Morgan fingerprint density at radius 1 is 0.789 bits per heavy atom. The van der Waals surface area contributed by atoms with Gasteiger partial charge in [0.2, 0.25) is 0 Å². The average Bonchev–Trinajstić information content (AvgIpc) is 3.42. The molecule has 1 heterocycles. The Bertz CT molecular complexity index is 1530. The van der Waals surface area contributed by atoms with Crippen molar-refractivity contribution in [1.82, 2.24) is 14.8 Å². The van der Waals surface area contributed by atoms with E-state index in [1.54, 1.807) is 0 Å². The number of Topliss-reactive ketones (excluding diaryl/α,β-unsaturated/α-hetero) is 1. The smallest absolute Gasteiger partial charge is 0.406 e. The molecule has 1 aromatic heterocycles. The van der Waals surface area contributed by atoms with Crippen LogP contribution in [-0.2, 0) is 6.42 Å². The Morgan fingerprint density at radius 2 is 1.47 bits per heavy atom. The second-order valence-corrected chi connectivity index (χ2v) is 8.59. The fraction of sp³-hybridized carbons (Fsp3) is 0.100. The van der Waals surface area contributed by atoms with Crippen LogP contribution in [0.15, 0.2) is 109 Å². The van der Waals surface area contributed by atoms with Gasteiger partial charge in [-0.25, -0.2) is 9.67 Å². The number of carbonyl (C=O) groups is 1. The van der Waals surface area contributed by atoms with Crippen molar-refractivity contribution in [1.29, 1.82) is 0 Å². The van der Waals surface area contributed by atoms with Crippen molar-refractivity contribution in [2.24, 2.45) is 0 Å². The number of alkyl halides is 3. The summed E-state index contributed by atoms with van der Waals surface area (Å²) in [7, 11) is 0. The maximum atomic E-state index is 13.0. The molecular formula is C30H22F3N3O2. The van der Waals surface area contributed by atoms with Gasteiger partial charge in [-0.05, 0) is 47.4 Å². The molecule has 5 aromatic rings. The van der Waals surface area contributed by atoms with Crippen LogP contribution in [-0.4, -0.2) is 26.9 Å². The van der Waals surface area contributed by atoms with Gasteiger partial charge in [-0.1, -0.05) is 78.9 Å². The Hall–Kier alpha value is -4.72. The molecule has 0 N–H and O–H groups in total. The minimum atomic E-state index is -4.74. The molecule has 0 unspecified atom stereocenters. The summed E-state index contributed by atoms with van der Waals surface area (Å²) in [6, 6.07) is 30.5. The molecule has 0 fully saturated rings. The molecule has 0 aliphatic rings. The molecule has 5 rings (SSSR count). The Kier molecular flexibility index (Phi) is 7.04. The molecule has 5 nitrogen and oxygen atoms in total. The Balaban J connectivity index is 1.23. The van der Waals surface area contributed by atoms with Crippen LogP contribution in [0.4, 0.5) is 13.2 Å². The van der Waals surface area contributed by atoms with Gasteiger partial charge in [0, 0.05) is 17.5 Å². The van der Waals surface area contributed by atoms with Crippen molar-refractivity contribution in [2.75, 3.05) is 0 Å². The third-order valence-electron chi connectivity index (χ3n) is 5.99. The van der Waals surface area contributed by atoms with Crippen molar-refractivity contribution in [3.05, 3.63) is 121 Å². The molecule has 0 spiro atoms. The first-order chi connectivity index (χ1) is 18.4. The number of ether oxygens (including phenoxy) is 1. The summed E-state index contributed by atoms with van der Waals surface area (Å²) in [5.74, 6) is 0.250. The van der Waals surface area contributed by atoms with Gasteiger partial charge in [0.1, 0.15) is 12.1 Å². The molecule has 190 valence electrons. The minimum absolute atomic E-state index is 0.0839. The summed E-state index contributed by atoms with van der Waals surface area (Å²) in [5, 5.41) is 4.43. The van der Waals surface area contributed by atoms with Crippen LogP contribution >= 0.6 is 0 Å². The zero-order valence-corrected chi connectivity index (χ0v) is 20.1. The Morgan fingerprint density at radius 3 is 2.18 bits per heavy atom. The zero-order chi connectivity index (χ0) is 26.5. The van der Waals surface area contributed by atoms with Gasteiger partial charge in [-0.15, -0.1) is 18.3 Å². The number of ketones is 1. The summed E-state index contributed by atoms with van der Waals surface area (Å²) in [6.45, 7) is 0. The number of aryl methyl sites for hydroxylation is 1. The lowest BCUT2D eigenvalue weighted by atomic mass is 9.94. The summed E-state index contributed by atoms with van der Waals surface area (Å²) >= 11 is 0. The zero-order valence-electron chi connectivity index (χ0n) is 20.1. The number of hydrogen-bond donors (Lipinski definition) is 0. The third-order valence-corrected chi connectivity index (χ3v) is 5.99. The predicted octanol–water partition coefficient (Wildman–Crippen LogP) is 7.32. The number of hydrogen-bond acceptors (Lipinski definition) is 4. The van der Waals surface area contributed by atoms with Gasteiger partial charge in [-0.2, -0.15) is 0 Å². The maximum Gasteiger partial charge on any atom is 0.573 e. The van der Waals surface area contributed by atoms with E-state index in [1.807, 2.05) is 78.9 Å². The summed E-state index contributed by atoms with van der Waals surface area (Å²) in [5.41, 5.74) is 4.99. The van der Waals surface area contributed by atoms with Crippen LogP contribution in [0.5, 0.6) is 5.75 Å². The van der Waals surface area contributed by atoms with Crippen LogP contribution in [0.2, 0.25) is 0 Å². The van der Waals surface area contributed by atoms with Gasteiger partial charge < -0.3 is 4.74 Å². The molecule has 8 heteroatoms. The monoisotopic (exact) mass is 513 g/mol. The van der Waals surface area contributed by atoms with Crippen molar-refractivity contribution in [2.45, 2.75) is 19.2 Å². The van der Waals surface area contributed by atoms with E-state index in [2.05, 4.69) is 14.8 Å². The molecule has 0 saturated carbocycles. The van der Waals surface area contributed by atoms with Gasteiger partial charge in [0.15, 0.2) is 11.6 Å². The number of aromatic nitrogens is 3. The molecule has 0 aliphatic heterocycles. The van der Waals surface area contributed by atoms with E-state index < -0.39 is 6.36 Å². The van der Waals surface area contributed by atoms with E-state index >= 15 is 0 Å². The molecular weight excluding hydrogens is 491 g/mol. The van der Waals surface area contributed by atoms with Crippen molar-refractivity contribution < 1.29 is 22.7 Å². The van der Waals surface area contributed by atoms with Crippen LogP contribution in [0.1, 0.15) is 22.3 Å². The summed E-state index contributed by atoms with van der Waals surface area (Å²) < 4.78 is 42.5. The molecule has 0 saturated heterocycles. The fourth-order valence-corrected chi connectivity index (χ4v) is 4.13. The lowest BCUT2D eigenvalue weighted by Gasteiger charge is -2.09. The Labute approximate surface area is 217 Å². The molecule has 38 heavy (non-hydrogen) atoms. The number of rotatable bonds is 8. The second kappa shape index (κ2) is 10.7. The van der Waals surface area contributed by atoms with E-state index in [1.165, 1.54) is 35.3 Å². The predicted molar refractivity (Wildman–Crippen MR) is 138 cm³/mol. The third kappa shape index (κ3) is 5.98. The normalized spacial score (nSPS) is 11.3.